The summed E-state index contributed by atoms with van der Waals surface area (Å²) >= 11 is 0. The van der Waals surface area contributed by atoms with Crippen molar-refractivity contribution in [2.24, 2.45) is 0 Å². The van der Waals surface area contributed by atoms with Gasteiger partial charge in [0.1, 0.15) is 5.75 Å². The Labute approximate surface area is 141 Å². The van der Waals surface area contributed by atoms with Crippen LogP contribution in [0.1, 0.15) is 0 Å². The number of ether oxygens (including phenoxy) is 1. The zero-order chi connectivity index (χ0) is 16.4. The average molecular weight is 323 g/mol. The van der Waals surface area contributed by atoms with Crippen LogP contribution < -0.4 is 0 Å². The number of fused-ring (bicyclic) bond motifs is 1. The van der Waals surface area contributed by atoms with Gasteiger partial charge >= 0.3 is 0 Å². The third-order valence-electron chi connectivity index (χ3n) is 4.48. The molecule has 0 aliphatic carbocycles. The molecule has 1 aliphatic heterocycles. The van der Waals surface area contributed by atoms with E-state index in [4.69, 9.17) is 9.84 Å². The molecule has 0 atom stereocenters. The number of nitrogens with zero attached hydrogens (tertiary/aromatic N) is 3. The van der Waals surface area contributed by atoms with Crippen LogP contribution in [0.25, 0.3) is 22.0 Å². The van der Waals surface area contributed by atoms with Gasteiger partial charge in [-0.05, 0) is 29.3 Å². The van der Waals surface area contributed by atoms with Gasteiger partial charge < -0.3 is 9.84 Å². The minimum absolute atomic E-state index is 0.281. The van der Waals surface area contributed by atoms with Crippen molar-refractivity contribution in [2.75, 3.05) is 32.8 Å². The molecule has 0 saturated carbocycles. The van der Waals surface area contributed by atoms with Gasteiger partial charge in [-0.3, -0.25) is 9.58 Å². The second-order valence-corrected chi connectivity index (χ2v) is 6.17. The van der Waals surface area contributed by atoms with Crippen LogP contribution in [0.15, 0.2) is 48.7 Å². The Hall–Kier alpha value is -2.37. The molecule has 24 heavy (non-hydrogen) atoms. The summed E-state index contributed by atoms with van der Waals surface area (Å²) in [6.07, 6.45) is 2.10. The summed E-state index contributed by atoms with van der Waals surface area (Å²) in [6.45, 7) is 5.54. The summed E-state index contributed by atoms with van der Waals surface area (Å²) in [5.74, 6) is 0.281. The minimum atomic E-state index is 0.281. The number of morpholine rings is 1. The quantitative estimate of drug-likeness (QED) is 0.802. The first kappa shape index (κ1) is 15.2. The Morgan fingerprint density at radius 1 is 1.00 bits per heavy atom. The summed E-state index contributed by atoms with van der Waals surface area (Å²) in [5, 5.41) is 15.5. The van der Waals surface area contributed by atoms with Crippen molar-refractivity contribution in [2.45, 2.75) is 6.54 Å². The molecule has 1 aliphatic rings. The number of benzene rings is 2. The van der Waals surface area contributed by atoms with E-state index >= 15 is 0 Å². The fourth-order valence-corrected chi connectivity index (χ4v) is 3.12. The summed E-state index contributed by atoms with van der Waals surface area (Å²) in [4.78, 5) is 2.41. The van der Waals surface area contributed by atoms with Crippen molar-refractivity contribution < 1.29 is 9.84 Å². The predicted molar refractivity (Wildman–Crippen MR) is 94.1 cm³/mol. The SMILES string of the molecule is Oc1cccc(-c2ccc3cn(CCN4CCOCC4)nc3c2)c1. The van der Waals surface area contributed by atoms with Gasteiger partial charge in [-0.25, -0.2) is 0 Å². The Bertz CT molecular complexity index is 837. The topological polar surface area (TPSA) is 50.5 Å². The molecule has 0 bridgehead atoms. The van der Waals surface area contributed by atoms with E-state index in [1.54, 1.807) is 12.1 Å². The van der Waals surface area contributed by atoms with Gasteiger partial charge in [0.05, 0.1) is 25.3 Å². The van der Waals surface area contributed by atoms with Crippen LogP contribution in [-0.4, -0.2) is 52.6 Å². The fraction of sp³-hybridized carbons (Fsp3) is 0.316. The zero-order valence-electron chi connectivity index (χ0n) is 13.6. The van der Waals surface area contributed by atoms with E-state index in [0.29, 0.717) is 0 Å². The van der Waals surface area contributed by atoms with Crippen molar-refractivity contribution in [3.05, 3.63) is 48.7 Å². The van der Waals surface area contributed by atoms with Gasteiger partial charge in [-0.2, -0.15) is 5.10 Å². The first-order valence-electron chi connectivity index (χ1n) is 8.35. The maximum Gasteiger partial charge on any atom is 0.116 e. The molecule has 0 spiro atoms. The van der Waals surface area contributed by atoms with Crippen molar-refractivity contribution >= 4 is 10.9 Å². The summed E-state index contributed by atoms with van der Waals surface area (Å²) < 4.78 is 7.40. The van der Waals surface area contributed by atoms with Crippen LogP contribution in [0, 0.1) is 0 Å². The number of rotatable bonds is 4. The lowest BCUT2D eigenvalue weighted by Crippen LogP contribution is -2.38. The molecule has 1 aromatic heterocycles. The molecular formula is C19H21N3O2. The monoisotopic (exact) mass is 323 g/mol. The van der Waals surface area contributed by atoms with E-state index in [2.05, 4.69) is 29.3 Å². The largest absolute Gasteiger partial charge is 0.508 e. The molecule has 5 heteroatoms. The molecule has 2 heterocycles. The van der Waals surface area contributed by atoms with E-state index < -0.39 is 0 Å². The number of phenols is 1. The molecule has 0 amide bonds. The molecule has 1 saturated heterocycles. The summed E-state index contributed by atoms with van der Waals surface area (Å²) in [5.41, 5.74) is 3.05. The molecule has 3 aromatic rings. The maximum atomic E-state index is 9.65. The second kappa shape index (κ2) is 6.63. The maximum absolute atomic E-state index is 9.65. The molecule has 2 aromatic carbocycles. The van der Waals surface area contributed by atoms with Crippen LogP contribution in [0.4, 0.5) is 0 Å². The van der Waals surface area contributed by atoms with E-state index in [1.165, 1.54) is 0 Å². The number of hydrogen-bond acceptors (Lipinski definition) is 4. The molecule has 0 radical (unpaired) electrons. The van der Waals surface area contributed by atoms with Crippen molar-refractivity contribution in [3.8, 4) is 16.9 Å². The second-order valence-electron chi connectivity index (χ2n) is 6.17. The molecular weight excluding hydrogens is 302 g/mol. The Kier molecular flexibility index (Phi) is 4.19. The van der Waals surface area contributed by atoms with E-state index in [-0.39, 0.29) is 5.75 Å². The third kappa shape index (κ3) is 3.27. The Morgan fingerprint density at radius 3 is 2.67 bits per heavy atom. The van der Waals surface area contributed by atoms with Crippen molar-refractivity contribution in [1.82, 2.24) is 14.7 Å². The lowest BCUT2D eigenvalue weighted by molar-refractivity contribution is 0.0360. The van der Waals surface area contributed by atoms with Gasteiger partial charge in [0.15, 0.2) is 0 Å². The van der Waals surface area contributed by atoms with Gasteiger partial charge in [0, 0.05) is 31.2 Å². The van der Waals surface area contributed by atoms with Crippen LogP contribution >= 0.6 is 0 Å². The van der Waals surface area contributed by atoms with E-state index in [9.17, 15) is 5.11 Å². The van der Waals surface area contributed by atoms with Gasteiger partial charge in [0.2, 0.25) is 0 Å². The highest BCUT2D eigenvalue weighted by Gasteiger charge is 2.10. The van der Waals surface area contributed by atoms with Crippen molar-refractivity contribution in [3.63, 3.8) is 0 Å². The highest BCUT2D eigenvalue weighted by Crippen LogP contribution is 2.26. The lowest BCUT2D eigenvalue weighted by Gasteiger charge is -2.26. The van der Waals surface area contributed by atoms with Gasteiger partial charge in [-0.1, -0.05) is 24.3 Å². The standard InChI is InChI=1S/C19H21N3O2/c23-18-3-1-2-15(12-18)16-4-5-17-14-22(20-19(17)13-16)7-6-21-8-10-24-11-9-21/h1-5,12-14,23H,6-11H2. The number of hydrogen-bond donors (Lipinski definition) is 1. The summed E-state index contributed by atoms with van der Waals surface area (Å²) in [6, 6.07) is 13.6. The molecule has 124 valence electrons. The highest BCUT2D eigenvalue weighted by atomic mass is 16.5. The molecule has 0 unspecified atom stereocenters. The van der Waals surface area contributed by atoms with Gasteiger partial charge in [0.25, 0.3) is 0 Å². The smallest absolute Gasteiger partial charge is 0.116 e. The van der Waals surface area contributed by atoms with Crippen LogP contribution in [0.2, 0.25) is 0 Å². The van der Waals surface area contributed by atoms with Crippen LogP contribution in [-0.2, 0) is 11.3 Å². The Balaban J connectivity index is 1.52. The lowest BCUT2D eigenvalue weighted by atomic mass is 10.0. The zero-order valence-corrected chi connectivity index (χ0v) is 13.6. The molecule has 4 rings (SSSR count). The number of aromatic nitrogens is 2. The Morgan fingerprint density at radius 2 is 1.83 bits per heavy atom. The van der Waals surface area contributed by atoms with E-state index in [0.717, 1.165) is 61.4 Å². The number of aromatic hydroxyl groups is 1. The van der Waals surface area contributed by atoms with Gasteiger partial charge in [-0.15, -0.1) is 0 Å². The molecule has 1 N–H and O–H groups in total. The van der Waals surface area contributed by atoms with Crippen molar-refractivity contribution in [1.29, 1.82) is 0 Å². The predicted octanol–water partition coefficient (Wildman–Crippen LogP) is 2.74. The normalized spacial score (nSPS) is 15.8. The van der Waals surface area contributed by atoms with E-state index in [1.807, 2.05) is 16.8 Å². The third-order valence-corrected chi connectivity index (χ3v) is 4.48. The van der Waals surface area contributed by atoms with Crippen LogP contribution in [0.5, 0.6) is 5.75 Å². The van der Waals surface area contributed by atoms with Crippen LogP contribution in [0.3, 0.4) is 0 Å². The summed E-state index contributed by atoms with van der Waals surface area (Å²) in [7, 11) is 0. The molecule has 1 fully saturated rings. The highest BCUT2D eigenvalue weighted by molar-refractivity contribution is 5.84. The average Bonchev–Trinajstić information content (AvgIpc) is 3.03. The minimum Gasteiger partial charge on any atom is -0.508 e. The number of phenolic OH excluding ortho intramolecular Hbond substituents is 1. The first-order valence-corrected chi connectivity index (χ1v) is 8.35. The fourth-order valence-electron chi connectivity index (χ4n) is 3.12. The first-order chi connectivity index (χ1) is 11.8. The molecule has 5 nitrogen and oxygen atoms in total.